The fraction of sp³-hybridized carbons (Fsp3) is 0.481. The van der Waals surface area contributed by atoms with Crippen LogP contribution < -0.4 is 14.4 Å². The van der Waals surface area contributed by atoms with Gasteiger partial charge in [0.15, 0.2) is 0 Å². The second kappa shape index (κ2) is 14.2. The Kier molecular flexibility index (Phi) is 11.7. The number of carbonyl (C=O) groups excluding carboxylic acids is 2. The summed E-state index contributed by atoms with van der Waals surface area (Å²) in [5, 5.41) is 3.36. The SMILES string of the molecule is CCCCNC(=O)[C@H](C)N(Cc1cccc(OC)c1)C(=O)CCCN(c1cccc(Cl)c1C)S(C)(=O)=O. The molecule has 0 aliphatic rings. The second-order valence-corrected chi connectivity index (χ2v) is 11.3. The fourth-order valence-corrected chi connectivity index (χ4v) is 5.12. The zero-order valence-electron chi connectivity index (χ0n) is 22.3. The van der Waals surface area contributed by atoms with Gasteiger partial charge in [-0.15, -0.1) is 0 Å². The predicted molar refractivity (Wildman–Crippen MR) is 149 cm³/mol. The number of benzene rings is 2. The molecule has 204 valence electrons. The van der Waals surface area contributed by atoms with Gasteiger partial charge in [-0.25, -0.2) is 8.42 Å². The summed E-state index contributed by atoms with van der Waals surface area (Å²) in [6, 6.07) is 11.7. The number of nitrogens with zero attached hydrogens (tertiary/aromatic N) is 2. The molecule has 0 aliphatic carbocycles. The number of hydrogen-bond acceptors (Lipinski definition) is 5. The van der Waals surface area contributed by atoms with E-state index in [1.54, 1.807) is 39.2 Å². The van der Waals surface area contributed by atoms with Crippen LogP contribution in [-0.4, -0.2) is 57.6 Å². The first-order valence-corrected chi connectivity index (χ1v) is 14.6. The maximum Gasteiger partial charge on any atom is 0.242 e. The number of carbonyl (C=O) groups is 2. The number of rotatable bonds is 14. The summed E-state index contributed by atoms with van der Waals surface area (Å²) >= 11 is 6.21. The largest absolute Gasteiger partial charge is 0.497 e. The Balaban J connectivity index is 2.20. The molecule has 2 amide bonds. The van der Waals surface area contributed by atoms with Gasteiger partial charge in [0.25, 0.3) is 0 Å². The van der Waals surface area contributed by atoms with Crippen LogP contribution in [0.5, 0.6) is 5.75 Å². The van der Waals surface area contributed by atoms with E-state index in [0.29, 0.717) is 28.6 Å². The van der Waals surface area contributed by atoms with Crippen molar-refractivity contribution in [2.24, 2.45) is 0 Å². The molecule has 0 aromatic heterocycles. The van der Waals surface area contributed by atoms with Crippen LogP contribution >= 0.6 is 11.6 Å². The predicted octanol–water partition coefficient (Wildman–Crippen LogP) is 4.54. The second-order valence-electron chi connectivity index (χ2n) is 9.02. The quantitative estimate of drug-likeness (QED) is 0.348. The van der Waals surface area contributed by atoms with Crippen molar-refractivity contribution >= 4 is 39.1 Å². The van der Waals surface area contributed by atoms with Crippen molar-refractivity contribution < 1.29 is 22.7 Å². The maximum absolute atomic E-state index is 13.4. The molecule has 0 heterocycles. The molecule has 0 saturated carbocycles. The number of hydrogen-bond donors (Lipinski definition) is 1. The van der Waals surface area contributed by atoms with Gasteiger partial charge in [0, 0.05) is 31.1 Å². The number of halogens is 1. The molecule has 2 aromatic carbocycles. The van der Waals surface area contributed by atoms with E-state index in [1.807, 2.05) is 31.2 Å². The Morgan fingerprint density at radius 1 is 1.14 bits per heavy atom. The molecular weight excluding hydrogens is 514 g/mol. The van der Waals surface area contributed by atoms with Crippen molar-refractivity contribution in [1.29, 1.82) is 0 Å². The first kappa shape index (κ1) is 30.4. The van der Waals surface area contributed by atoms with Crippen molar-refractivity contribution in [3.05, 3.63) is 58.6 Å². The Labute approximate surface area is 226 Å². The van der Waals surface area contributed by atoms with E-state index in [4.69, 9.17) is 16.3 Å². The summed E-state index contributed by atoms with van der Waals surface area (Å²) in [7, 11) is -2.03. The highest BCUT2D eigenvalue weighted by molar-refractivity contribution is 7.92. The minimum Gasteiger partial charge on any atom is -0.497 e. The summed E-state index contributed by atoms with van der Waals surface area (Å²) < 4.78 is 31.7. The van der Waals surface area contributed by atoms with Crippen LogP contribution in [0.15, 0.2) is 42.5 Å². The van der Waals surface area contributed by atoms with Crippen molar-refractivity contribution in [3.63, 3.8) is 0 Å². The maximum atomic E-state index is 13.4. The van der Waals surface area contributed by atoms with Crippen LogP contribution in [0.3, 0.4) is 0 Å². The van der Waals surface area contributed by atoms with E-state index in [9.17, 15) is 18.0 Å². The monoisotopic (exact) mass is 551 g/mol. The molecule has 2 aromatic rings. The third kappa shape index (κ3) is 8.93. The molecule has 8 nitrogen and oxygen atoms in total. The van der Waals surface area contributed by atoms with Crippen molar-refractivity contribution in [2.45, 2.75) is 59.0 Å². The van der Waals surface area contributed by atoms with E-state index in [-0.39, 0.29) is 37.7 Å². The average molecular weight is 552 g/mol. The zero-order valence-corrected chi connectivity index (χ0v) is 23.9. The number of methoxy groups -OCH3 is 1. The highest BCUT2D eigenvalue weighted by Crippen LogP contribution is 2.28. The molecule has 2 rings (SSSR count). The van der Waals surface area contributed by atoms with E-state index < -0.39 is 16.1 Å². The fourth-order valence-electron chi connectivity index (χ4n) is 3.93. The number of amides is 2. The topological polar surface area (TPSA) is 96.0 Å². The Morgan fingerprint density at radius 2 is 1.84 bits per heavy atom. The number of sulfonamides is 1. The first-order chi connectivity index (χ1) is 17.5. The van der Waals surface area contributed by atoms with Crippen LogP contribution in [-0.2, 0) is 26.2 Å². The number of nitrogens with one attached hydrogen (secondary N) is 1. The minimum absolute atomic E-state index is 0.0716. The lowest BCUT2D eigenvalue weighted by molar-refractivity contribution is -0.140. The van der Waals surface area contributed by atoms with Gasteiger partial charge in [-0.05, 0) is 62.1 Å². The van der Waals surface area contributed by atoms with Crippen LogP contribution in [0.4, 0.5) is 5.69 Å². The van der Waals surface area contributed by atoms with E-state index in [2.05, 4.69) is 5.32 Å². The van der Waals surface area contributed by atoms with Gasteiger partial charge in [-0.2, -0.15) is 0 Å². The number of unbranched alkanes of at least 4 members (excludes halogenated alkanes) is 1. The van der Waals surface area contributed by atoms with Gasteiger partial charge in [0.05, 0.1) is 19.1 Å². The summed E-state index contributed by atoms with van der Waals surface area (Å²) in [5.74, 6) is 0.194. The molecule has 0 unspecified atom stereocenters. The molecule has 0 radical (unpaired) electrons. The van der Waals surface area contributed by atoms with Crippen LogP contribution in [0.1, 0.15) is 50.7 Å². The van der Waals surface area contributed by atoms with Gasteiger partial charge in [0.2, 0.25) is 21.8 Å². The van der Waals surface area contributed by atoms with E-state index in [0.717, 1.165) is 24.7 Å². The summed E-state index contributed by atoms with van der Waals surface area (Å²) in [4.78, 5) is 27.7. The van der Waals surface area contributed by atoms with Crippen LogP contribution in [0.2, 0.25) is 5.02 Å². The molecule has 1 N–H and O–H groups in total. The molecule has 1 atom stereocenters. The minimum atomic E-state index is -3.60. The number of ether oxygens (including phenoxy) is 1. The zero-order chi connectivity index (χ0) is 27.6. The lowest BCUT2D eigenvalue weighted by Crippen LogP contribution is -2.48. The number of anilines is 1. The summed E-state index contributed by atoms with van der Waals surface area (Å²) in [6.45, 7) is 6.38. The van der Waals surface area contributed by atoms with Crippen molar-refractivity contribution in [3.8, 4) is 5.75 Å². The first-order valence-electron chi connectivity index (χ1n) is 12.4. The molecule has 37 heavy (non-hydrogen) atoms. The third-order valence-electron chi connectivity index (χ3n) is 6.14. The lowest BCUT2D eigenvalue weighted by atomic mass is 10.1. The standard InChI is InChI=1S/C27H38ClN3O5S/c1-6-7-16-29-27(33)21(3)30(19-22-11-8-12-23(18-22)36-4)26(32)15-10-17-31(37(5,34)35)25-14-9-13-24(28)20(25)2/h8-9,11-14,18,21H,6-7,10,15-17,19H2,1-5H3,(H,29,33)/t21-/m0/s1. The highest BCUT2D eigenvalue weighted by Gasteiger charge is 2.27. The van der Waals surface area contributed by atoms with Crippen molar-refractivity contribution in [2.75, 3.05) is 30.8 Å². The van der Waals surface area contributed by atoms with E-state index in [1.165, 1.54) is 9.21 Å². The van der Waals surface area contributed by atoms with Crippen LogP contribution in [0.25, 0.3) is 0 Å². The Hall–Kier alpha value is -2.78. The lowest BCUT2D eigenvalue weighted by Gasteiger charge is -2.30. The summed E-state index contributed by atoms with van der Waals surface area (Å²) in [5.41, 5.74) is 1.96. The molecule has 0 bridgehead atoms. The van der Waals surface area contributed by atoms with Gasteiger partial charge in [0.1, 0.15) is 11.8 Å². The van der Waals surface area contributed by atoms with Gasteiger partial charge < -0.3 is 15.0 Å². The normalized spacial score (nSPS) is 12.1. The Bertz CT molecular complexity index is 1170. The van der Waals surface area contributed by atoms with Gasteiger partial charge in [-0.1, -0.05) is 43.1 Å². The molecule has 0 aliphatic heterocycles. The van der Waals surface area contributed by atoms with Gasteiger partial charge >= 0.3 is 0 Å². The molecular formula is C27H38ClN3O5S. The summed E-state index contributed by atoms with van der Waals surface area (Å²) in [6.07, 6.45) is 3.28. The van der Waals surface area contributed by atoms with Gasteiger partial charge in [-0.3, -0.25) is 13.9 Å². The molecule has 0 fully saturated rings. The smallest absolute Gasteiger partial charge is 0.242 e. The third-order valence-corrected chi connectivity index (χ3v) is 7.73. The van der Waals surface area contributed by atoms with Crippen LogP contribution in [0, 0.1) is 6.92 Å². The average Bonchev–Trinajstić information content (AvgIpc) is 2.86. The molecule has 10 heteroatoms. The molecule has 0 spiro atoms. The Morgan fingerprint density at radius 3 is 2.49 bits per heavy atom. The highest BCUT2D eigenvalue weighted by atomic mass is 35.5. The van der Waals surface area contributed by atoms with E-state index >= 15 is 0 Å². The van der Waals surface area contributed by atoms with Crippen molar-refractivity contribution in [1.82, 2.24) is 10.2 Å². The molecule has 0 saturated heterocycles.